The molecule has 1 aromatic heterocycles. The zero-order chi connectivity index (χ0) is 27.0. The summed E-state index contributed by atoms with van der Waals surface area (Å²) in [6, 6.07) is 10.5. The first-order chi connectivity index (χ1) is 16.6. The van der Waals surface area contributed by atoms with Crippen LogP contribution in [-0.4, -0.2) is 42.3 Å². The van der Waals surface area contributed by atoms with Gasteiger partial charge in [0.1, 0.15) is 6.04 Å². The summed E-state index contributed by atoms with van der Waals surface area (Å²) in [5.41, 5.74) is 7.28. The number of hydrogen-bond donors (Lipinski definition) is 3. The van der Waals surface area contributed by atoms with Gasteiger partial charge in [0.05, 0.1) is 22.7 Å². The molecule has 9 nitrogen and oxygen atoms in total. The van der Waals surface area contributed by atoms with E-state index in [0.717, 1.165) is 6.26 Å². The number of amides is 2. The molecule has 1 unspecified atom stereocenters. The molecule has 12 heteroatoms. The topological polar surface area (TPSA) is 136 Å². The molecule has 0 aliphatic carbocycles. The van der Waals surface area contributed by atoms with Crippen LogP contribution in [0.3, 0.4) is 0 Å². The van der Waals surface area contributed by atoms with Crippen molar-refractivity contribution in [2.24, 2.45) is 11.1 Å². The second-order valence-electron chi connectivity index (χ2n) is 9.46. The highest BCUT2D eigenvalue weighted by atomic mass is 35.5. The second kappa shape index (κ2) is 10.1. The van der Waals surface area contributed by atoms with Gasteiger partial charge in [-0.2, -0.15) is 5.10 Å². The van der Waals surface area contributed by atoms with Crippen LogP contribution >= 0.6 is 23.2 Å². The average molecular weight is 552 g/mol. The van der Waals surface area contributed by atoms with E-state index in [1.807, 2.05) is 0 Å². The Balaban J connectivity index is 2.21. The maximum Gasteiger partial charge on any atom is 0.272 e. The van der Waals surface area contributed by atoms with Gasteiger partial charge in [0.25, 0.3) is 5.91 Å². The highest BCUT2D eigenvalue weighted by Gasteiger charge is 2.33. The monoisotopic (exact) mass is 551 g/mol. The van der Waals surface area contributed by atoms with E-state index in [2.05, 4.69) is 15.1 Å². The first-order valence-corrected chi connectivity index (χ1v) is 13.5. The number of nitrogens with two attached hydrogens (primary N) is 1. The molecule has 1 heterocycles. The molecule has 0 aliphatic heterocycles. The highest BCUT2D eigenvalue weighted by molar-refractivity contribution is 7.92. The van der Waals surface area contributed by atoms with Gasteiger partial charge in [-0.3, -0.25) is 14.3 Å². The SMILES string of the molecule is Cc1c(C(=O)NC(C(N)=O)C(C)(C)C)nn(-c2ccc(Cl)cc2Cl)c1-c1cccc(NS(C)(=O)=O)c1. The number of nitrogens with one attached hydrogen (secondary N) is 2. The maximum atomic E-state index is 13.3. The van der Waals surface area contributed by atoms with Gasteiger partial charge in [0.15, 0.2) is 5.69 Å². The van der Waals surface area contributed by atoms with E-state index in [4.69, 9.17) is 28.9 Å². The molecule has 1 atom stereocenters. The molecule has 36 heavy (non-hydrogen) atoms. The van der Waals surface area contributed by atoms with Crippen molar-refractivity contribution in [3.63, 3.8) is 0 Å². The van der Waals surface area contributed by atoms with Crippen LogP contribution in [0.2, 0.25) is 10.0 Å². The quantitative estimate of drug-likeness (QED) is 0.405. The van der Waals surface area contributed by atoms with E-state index in [1.165, 1.54) is 4.68 Å². The minimum Gasteiger partial charge on any atom is -0.368 e. The molecule has 4 N–H and O–H groups in total. The summed E-state index contributed by atoms with van der Waals surface area (Å²) in [6.07, 6.45) is 1.05. The van der Waals surface area contributed by atoms with Gasteiger partial charge in [-0.05, 0) is 42.7 Å². The van der Waals surface area contributed by atoms with Gasteiger partial charge < -0.3 is 11.1 Å². The predicted molar refractivity (Wildman–Crippen MR) is 142 cm³/mol. The van der Waals surface area contributed by atoms with Crippen molar-refractivity contribution < 1.29 is 18.0 Å². The van der Waals surface area contributed by atoms with E-state index in [0.29, 0.717) is 33.2 Å². The number of halogens is 2. The molecule has 0 fully saturated rings. The first kappa shape index (κ1) is 27.5. The van der Waals surface area contributed by atoms with Crippen LogP contribution in [0.1, 0.15) is 36.8 Å². The van der Waals surface area contributed by atoms with Crippen molar-refractivity contribution in [2.45, 2.75) is 33.7 Å². The zero-order valence-corrected chi connectivity index (χ0v) is 22.7. The van der Waals surface area contributed by atoms with Gasteiger partial charge in [-0.15, -0.1) is 0 Å². The smallest absolute Gasteiger partial charge is 0.272 e. The predicted octanol–water partition coefficient (Wildman–Crippen LogP) is 4.16. The lowest BCUT2D eigenvalue weighted by molar-refractivity contribution is -0.122. The standard InChI is InChI=1S/C24H27Cl2N5O4S/c1-13-19(23(33)28-21(22(27)32)24(2,3)4)29-31(18-10-9-15(25)12-17(18)26)20(13)14-7-6-8-16(11-14)30-36(5,34)35/h6-12,21,30H,1-5H3,(H2,27,32)(H,28,33). The number of primary amides is 1. The first-order valence-electron chi connectivity index (χ1n) is 10.8. The Morgan fingerprint density at radius 2 is 1.78 bits per heavy atom. The van der Waals surface area contributed by atoms with Crippen LogP contribution < -0.4 is 15.8 Å². The Morgan fingerprint density at radius 1 is 1.11 bits per heavy atom. The highest BCUT2D eigenvalue weighted by Crippen LogP contribution is 2.34. The molecule has 0 bridgehead atoms. The fourth-order valence-corrected chi connectivity index (χ4v) is 4.78. The van der Waals surface area contributed by atoms with Crippen molar-refractivity contribution in [1.29, 1.82) is 0 Å². The van der Waals surface area contributed by atoms with E-state index in [1.54, 1.807) is 70.2 Å². The number of benzene rings is 2. The molecule has 0 radical (unpaired) electrons. The minimum atomic E-state index is -3.52. The summed E-state index contributed by atoms with van der Waals surface area (Å²) < 4.78 is 27.5. The lowest BCUT2D eigenvalue weighted by Gasteiger charge is -2.28. The van der Waals surface area contributed by atoms with Gasteiger partial charge in [-0.1, -0.05) is 56.1 Å². The van der Waals surface area contributed by atoms with Gasteiger partial charge in [0.2, 0.25) is 15.9 Å². The van der Waals surface area contributed by atoms with Crippen molar-refractivity contribution >= 4 is 50.7 Å². The van der Waals surface area contributed by atoms with Crippen molar-refractivity contribution in [2.75, 3.05) is 11.0 Å². The summed E-state index contributed by atoms with van der Waals surface area (Å²) in [4.78, 5) is 25.3. The molecule has 0 saturated carbocycles. The van der Waals surface area contributed by atoms with Crippen LogP contribution in [0, 0.1) is 12.3 Å². The van der Waals surface area contributed by atoms with Gasteiger partial charge in [-0.25, -0.2) is 13.1 Å². The molecule has 0 aliphatic rings. The number of carbonyl (C=O) groups is 2. The molecule has 2 aromatic carbocycles. The number of nitrogens with zero attached hydrogens (tertiary/aromatic N) is 2. The fraction of sp³-hybridized carbons (Fsp3) is 0.292. The van der Waals surface area contributed by atoms with E-state index in [-0.39, 0.29) is 10.7 Å². The molecule has 0 spiro atoms. The second-order valence-corrected chi connectivity index (χ2v) is 12.1. The van der Waals surface area contributed by atoms with Crippen LogP contribution in [0.25, 0.3) is 16.9 Å². The number of rotatable bonds is 7. The third-order valence-corrected chi connectivity index (χ3v) is 6.48. The summed E-state index contributed by atoms with van der Waals surface area (Å²) >= 11 is 12.5. The summed E-state index contributed by atoms with van der Waals surface area (Å²) in [6.45, 7) is 7.05. The number of anilines is 1. The Labute approximate surface area is 220 Å². The fourth-order valence-electron chi connectivity index (χ4n) is 3.74. The Hall–Kier alpha value is -3.08. The molecule has 0 saturated heterocycles. The van der Waals surface area contributed by atoms with E-state index < -0.39 is 33.3 Å². The normalized spacial score (nSPS) is 12.8. The summed E-state index contributed by atoms with van der Waals surface area (Å²) in [7, 11) is -3.52. The summed E-state index contributed by atoms with van der Waals surface area (Å²) in [5, 5.41) is 7.92. The van der Waals surface area contributed by atoms with Crippen LogP contribution in [0.4, 0.5) is 5.69 Å². The minimum absolute atomic E-state index is 0.0491. The average Bonchev–Trinajstić information content (AvgIpc) is 3.06. The summed E-state index contributed by atoms with van der Waals surface area (Å²) in [5.74, 6) is -1.27. The van der Waals surface area contributed by atoms with E-state index in [9.17, 15) is 18.0 Å². The third kappa shape index (κ3) is 6.18. The lowest BCUT2D eigenvalue weighted by atomic mass is 9.86. The Bertz CT molecular complexity index is 1450. The molecular formula is C24H27Cl2N5O4S. The zero-order valence-electron chi connectivity index (χ0n) is 20.4. The van der Waals surface area contributed by atoms with Crippen LogP contribution in [0.15, 0.2) is 42.5 Å². The number of hydrogen-bond acceptors (Lipinski definition) is 5. The lowest BCUT2D eigenvalue weighted by Crippen LogP contribution is -2.52. The van der Waals surface area contributed by atoms with Gasteiger partial charge in [0, 0.05) is 21.8 Å². The molecule has 3 rings (SSSR count). The van der Waals surface area contributed by atoms with Crippen molar-refractivity contribution in [3.05, 3.63) is 63.8 Å². The molecular weight excluding hydrogens is 525 g/mol. The van der Waals surface area contributed by atoms with Crippen LogP contribution in [0.5, 0.6) is 0 Å². The van der Waals surface area contributed by atoms with Crippen LogP contribution in [-0.2, 0) is 14.8 Å². The number of carbonyl (C=O) groups excluding carboxylic acids is 2. The molecule has 3 aromatic rings. The van der Waals surface area contributed by atoms with E-state index >= 15 is 0 Å². The third-order valence-electron chi connectivity index (χ3n) is 5.34. The van der Waals surface area contributed by atoms with Crippen molar-refractivity contribution in [3.8, 4) is 16.9 Å². The largest absolute Gasteiger partial charge is 0.368 e. The molecule has 2 amide bonds. The maximum absolute atomic E-state index is 13.3. The number of sulfonamides is 1. The van der Waals surface area contributed by atoms with Gasteiger partial charge >= 0.3 is 0 Å². The molecule has 192 valence electrons. The van der Waals surface area contributed by atoms with Crippen molar-refractivity contribution in [1.82, 2.24) is 15.1 Å². The Kier molecular flexibility index (Phi) is 7.73. The Morgan fingerprint density at radius 3 is 2.33 bits per heavy atom. The number of aromatic nitrogens is 2.